The number of halogens is 3. The summed E-state index contributed by atoms with van der Waals surface area (Å²) in [6, 6.07) is 24.7. The fourth-order valence-electron chi connectivity index (χ4n) is 4.19. The van der Waals surface area contributed by atoms with Crippen molar-refractivity contribution in [3.8, 4) is 0 Å². The van der Waals surface area contributed by atoms with Crippen molar-refractivity contribution in [3.63, 3.8) is 0 Å². The molecule has 3 aromatic carbocycles. The zero-order valence-electron chi connectivity index (χ0n) is 22.4. The van der Waals surface area contributed by atoms with Gasteiger partial charge in [-0.25, -0.2) is 0 Å². The van der Waals surface area contributed by atoms with Crippen molar-refractivity contribution in [2.75, 3.05) is 22.9 Å². The number of alkyl halides is 3. The van der Waals surface area contributed by atoms with Crippen LogP contribution in [0.2, 0.25) is 0 Å². The Bertz CT molecular complexity index is 1300. The molecule has 0 atom stereocenters. The highest BCUT2D eigenvalue weighted by Gasteiger charge is 2.41. The van der Waals surface area contributed by atoms with Crippen molar-refractivity contribution in [2.45, 2.75) is 39.8 Å². The fourth-order valence-corrected chi connectivity index (χ4v) is 4.19. The van der Waals surface area contributed by atoms with E-state index in [4.69, 9.17) is 0 Å². The Kier molecular flexibility index (Phi) is 10.3. The van der Waals surface area contributed by atoms with E-state index in [-0.39, 0.29) is 11.3 Å². The summed E-state index contributed by atoms with van der Waals surface area (Å²) < 4.78 is 40.4. The van der Waals surface area contributed by atoms with Crippen LogP contribution in [-0.4, -0.2) is 30.8 Å². The predicted octanol–water partition coefficient (Wildman–Crippen LogP) is 7.92. The van der Waals surface area contributed by atoms with Crippen LogP contribution in [0.25, 0.3) is 11.1 Å². The molecule has 3 rings (SSSR count). The third-order valence-electron chi connectivity index (χ3n) is 6.06. The van der Waals surface area contributed by atoms with Crippen LogP contribution in [-0.2, 0) is 9.59 Å². The monoisotopic (exact) mass is 534 g/mol. The molecule has 4 nitrogen and oxygen atoms in total. The van der Waals surface area contributed by atoms with Gasteiger partial charge in [-0.1, -0.05) is 74.5 Å². The number of allylic oxidation sites excluding steroid dienone is 2. The molecule has 0 aromatic heterocycles. The lowest BCUT2D eigenvalue weighted by molar-refractivity contribution is -0.164. The van der Waals surface area contributed by atoms with Gasteiger partial charge < -0.3 is 9.80 Å². The third kappa shape index (κ3) is 7.93. The molecule has 204 valence electrons. The van der Waals surface area contributed by atoms with Gasteiger partial charge in [0.2, 0.25) is 0 Å². The van der Waals surface area contributed by atoms with E-state index in [2.05, 4.69) is 0 Å². The molecule has 0 spiro atoms. The molecule has 0 heterocycles. The number of rotatable bonds is 12. The Morgan fingerprint density at radius 1 is 0.667 bits per heavy atom. The largest absolute Gasteiger partial charge is 0.454 e. The number of anilines is 2. The first-order chi connectivity index (χ1) is 18.7. The molecule has 0 aliphatic rings. The standard InChI is InChI=1S/C32H33F3N2O2/c1-4-20-36(22-29(24(3)38)25-12-8-6-9-13-25)27-16-18-28(19-17-27)37(21-5-2)23-30(31(39)32(33,34)35)26-14-10-7-11-15-26/h6-19,22-23H,4-5,20-21H2,1-3H3/b29-22+,30-23-. The van der Waals surface area contributed by atoms with Gasteiger partial charge in [0.25, 0.3) is 5.78 Å². The smallest absolute Gasteiger partial charge is 0.347 e. The molecule has 0 aliphatic heterocycles. The summed E-state index contributed by atoms with van der Waals surface area (Å²) in [4.78, 5) is 28.5. The predicted molar refractivity (Wildman–Crippen MR) is 152 cm³/mol. The zero-order chi connectivity index (χ0) is 28.4. The van der Waals surface area contributed by atoms with Crippen molar-refractivity contribution in [1.29, 1.82) is 0 Å². The summed E-state index contributed by atoms with van der Waals surface area (Å²) in [5.41, 5.74) is 2.69. The van der Waals surface area contributed by atoms with Gasteiger partial charge in [-0.15, -0.1) is 0 Å². The third-order valence-corrected chi connectivity index (χ3v) is 6.06. The van der Waals surface area contributed by atoms with Gasteiger partial charge in [0.05, 0.1) is 5.57 Å². The average molecular weight is 535 g/mol. The molecule has 7 heteroatoms. The second-order valence-electron chi connectivity index (χ2n) is 9.10. The van der Waals surface area contributed by atoms with E-state index in [9.17, 15) is 22.8 Å². The number of carbonyl (C=O) groups is 2. The molecule has 0 unspecified atom stereocenters. The number of ketones is 2. The van der Waals surface area contributed by atoms with Gasteiger partial charge in [-0.05, 0) is 55.2 Å². The summed E-state index contributed by atoms with van der Waals surface area (Å²) in [7, 11) is 0. The van der Waals surface area contributed by atoms with Gasteiger partial charge in [-0.3, -0.25) is 9.59 Å². The van der Waals surface area contributed by atoms with Crippen LogP contribution >= 0.6 is 0 Å². The van der Waals surface area contributed by atoms with E-state index < -0.39 is 17.5 Å². The van der Waals surface area contributed by atoms with Crippen molar-refractivity contribution in [3.05, 3.63) is 108 Å². The highest BCUT2D eigenvalue weighted by atomic mass is 19.4. The molecule has 3 aromatic rings. The van der Waals surface area contributed by atoms with Crippen LogP contribution in [0.1, 0.15) is 44.7 Å². The van der Waals surface area contributed by atoms with Gasteiger partial charge in [0, 0.05) is 42.4 Å². The minimum Gasteiger partial charge on any atom is -0.347 e. The maximum absolute atomic E-state index is 13.5. The van der Waals surface area contributed by atoms with Crippen molar-refractivity contribution in [1.82, 2.24) is 0 Å². The van der Waals surface area contributed by atoms with E-state index in [1.807, 2.05) is 79.5 Å². The van der Waals surface area contributed by atoms with E-state index in [0.717, 1.165) is 17.7 Å². The zero-order valence-corrected chi connectivity index (χ0v) is 22.4. The number of benzene rings is 3. The summed E-state index contributed by atoms with van der Waals surface area (Å²) in [6.07, 6.45) is -0.372. The summed E-state index contributed by atoms with van der Waals surface area (Å²) in [5, 5.41) is 0. The first kappa shape index (κ1) is 29.4. The number of nitrogens with zero attached hydrogens (tertiary/aromatic N) is 2. The molecule has 0 N–H and O–H groups in total. The van der Waals surface area contributed by atoms with E-state index in [0.29, 0.717) is 30.8 Å². The SMILES string of the molecule is CCCN(/C=C(\C(C)=O)c1ccccc1)c1ccc(N(/C=C(\C(=O)C(F)(F)F)c2ccccc2)CCC)cc1. The Balaban J connectivity index is 2.01. The number of hydrogen-bond acceptors (Lipinski definition) is 4. The number of hydrogen-bond donors (Lipinski definition) is 0. The molecular weight excluding hydrogens is 501 g/mol. The molecule has 0 radical (unpaired) electrons. The van der Waals surface area contributed by atoms with Crippen molar-refractivity contribution >= 4 is 34.1 Å². The van der Waals surface area contributed by atoms with Gasteiger partial charge in [0.1, 0.15) is 0 Å². The fraction of sp³-hybridized carbons (Fsp3) is 0.250. The van der Waals surface area contributed by atoms with Crippen LogP contribution in [0, 0.1) is 0 Å². The lowest BCUT2D eigenvalue weighted by Gasteiger charge is -2.25. The highest BCUT2D eigenvalue weighted by molar-refractivity contribution is 6.23. The quantitative estimate of drug-likeness (QED) is 0.221. The second kappa shape index (κ2) is 13.6. The minimum atomic E-state index is -5.00. The van der Waals surface area contributed by atoms with Crippen molar-refractivity contribution in [2.24, 2.45) is 0 Å². The van der Waals surface area contributed by atoms with E-state index in [1.54, 1.807) is 23.1 Å². The van der Waals surface area contributed by atoms with Gasteiger partial charge >= 0.3 is 6.18 Å². The average Bonchev–Trinajstić information content (AvgIpc) is 2.93. The first-order valence-corrected chi connectivity index (χ1v) is 13.0. The van der Waals surface area contributed by atoms with Gasteiger partial charge in [0.15, 0.2) is 5.78 Å². The Labute approximate surface area is 228 Å². The summed E-state index contributed by atoms with van der Waals surface area (Å²) in [5.74, 6) is -1.94. The molecule has 39 heavy (non-hydrogen) atoms. The molecule has 0 saturated heterocycles. The lowest BCUT2D eigenvalue weighted by atomic mass is 10.0. The number of carbonyl (C=O) groups excluding carboxylic acids is 2. The van der Waals surface area contributed by atoms with E-state index in [1.165, 1.54) is 25.3 Å². The summed E-state index contributed by atoms with van der Waals surface area (Å²) >= 11 is 0. The highest BCUT2D eigenvalue weighted by Crippen LogP contribution is 2.30. The van der Waals surface area contributed by atoms with Crippen molar-refractivity contribution < 1.29 is 22.8 Å². The molecule has 0 bridgehead atoms. The molecule has 0 aliphatic carbocycles. The number of Topliss-reactive ketones (excluding diaryl/α,β-unsaturated/α-hetero) is 2. The van der Waals surface area contributed by atoms with E-state index >= 15 is 0 Å². The first-order valence-electron chi connectivity index (χ1n) is 13.0. The molecular formula is C32H33F3N2O2. The van der Waals surface area contributed by atoms with Crippen LogP contribution in [0.5, 0.6) is 0 Å². The normalized spacial score (nSPS) is 12.3. The Morgan fingerprint density at radius 2 is 1.05 bits per heavy atom. The van der Waals surface area contributed by atoms with Crippen LogP contribution in [0.4, 0.5) is 24.5 Å². The topological polar surface area (TPSA) is 40.6 Å². The lowest BCUT2D eigenvalue weighted by Crippen LogP contribution is -2.26. The van der Waals surface area contributed by atoms with Crippen LogP contribution in [0.3, 0.4) is 0 Å². The molecule has 0 amide bonds. The Morgan fingerprint density at radius 3 is 1.41 bits per heavy atom. The molecule has 0 fully saturated rings. The summed E-state index contributed by atoms with van der Waals surface area (Å²) in [6.45, 7) is 6.58. The van der Waals surface area contributed by atoms with Crippen LogP contribution in [0.15, 0.2) is 97.3 Å². The van der Waals surface area contributed by atoms with Crippen LogP contribution < -0.4 is 9.80 Å². The maximum atomic E-state index is 13.5. The molecule has 0 saturated carbocycles. The Hall–Kier alpha value is -4.13. The second-order valence-corrected chi connectivity index (χ2v) is 9.10. The maximum Gasteiger partial charge on any atom is 0.454 e. The van der Waals surface area contributed by atoms with Gasteiger partial charge in [-0.2, -0.15) is 13.2 Å². The minimum absolute atomic E-state index is 0.0547.